The molecule has 0 saturated heterocycles. The highest BCUT2D eigenvalue weighted by Crippen LogP contribution is 1.99. The molecule has 1 aromatic rings. The fourth-order valence-electron chi connectivity index (χ4n) is 0.926. The molecule has 0 unspecified atom stereocenters. The molecule has 0 aliphatic rings. The van der Waals surface area contributed by atoms with Crippen molar-refractivity contribution < 1.29 is 15.0 Å². The van der Waals surface area contributed by atoms with Gasteiger partial charge in [0, 0.05) is 6.08 Å². The molecule has 0 spiro atoms. The molecular weight excluding hydrogens is 185 g/mol. The van der Waals surface area contributed by atoms with E-state index < -0.39 is 12.0 Å². The third kappa shape index (κ3) is 3.00. The first-order chi connectivity index (χ1) is 6.59. The third-order valence-electron chi connectivity index (χ3n) is 1.62. The van der Waals surface area contributed by atoms with Crippen LogP contribution in [-0.2, 0) is 0 Å². The van der Waals surface area contributed by atoms with Gasteiger partial charge in [0.15, 0.2) is 0 Å². The van der Waals surface area contributed by atoms with Crippen molar-refractivity contribution in [1.29, 1.82) is 0 Å². The fourth-order valence-corrected chi connectivity index (χ4v) is 0.926. The summed E-state index contributed by atoms with van der Waals surface area (Å²) in [6.45, 7) is 0. The van der Waals surface area contributed by atoms with Gasteiger partial charge in [0.05, 0.1) is 4.92 Å². The van der Waals surface area contributed by atoms with Crippen molar-refractivity contribution in [3.8, 4) is 0 Å². The lowest BCUT2D eigenvalue weighted by molar-refractivity contribution is -0.400. The number of rotatable bonds is 3. The molecule has 5 nitrogen and oxygen atoms in total. The van der Waals surface area contributed by atoms with Crippen LogP contribution in [0.4, 0.5) is 0 Å². The van der Waals surface area contributed by atoms with Crippen LogP contribution in [0.15, 0.2) is 30.5 Å². The fraction of sp³-hybridized carbons (Fsp3) is 0. The maximum Gasteiger partial charge on any atom is 0.488 e. The molecule has 0 aliphatic heterocycles. The van der Waals surface area contributed by atoms with Crippen molar-refractivity contribution in [3.63, 3.8) is 0 Å². The molecule has 0 aromatic heterocycles. The summed E-state index contributed by atoms with van der Waals surface area (Å²) in [4.78, 5) is 9.43. The van der Waals surface area contributed by atoms with E-state index in [9.17, 15) is 10.1 Å². The maximum absolute atomic E-state index is 9.99. The summed E-state index contributed by atoms with van der Waals surface area (Å²) < 4.78 is 0. The van der Waals surface area contributed by atoms with Crippen LogP contribution in [0.25, 0.3) is 6.08 Å². The van der Waals surface area contributed by atoms with E-state index in [1.54, 1.807) is 12.1 Å². The predicted octanol–water partition coefficient (Wildman–Crippen LogP) is -0.386. The van der Waals surface area contributed by atoms with Crippen molar-refractivity contribution in [3.05, 3.63) is 46.1 Å². The molecule has 0 aliphatic carbocycles. The summed E-state index contributed by atoms with van der Waals surface area (Å²) in [5, 5.41) is 27.5. The zero-order valence-corrected chi connectivity index (χ0v) is 7.20. The molecule has 1 aromatic carbocycles. The lowest BCUT2D eigenvalue weighted by Crippen LogP contribution is -2.29. The Bertz CT molecular complexity index is 347. The second kappa shape index (κ2) is 4.54. The minimum atomic E-state index is -1.51. The van der Waals surface area contributed by atoms with Gasteiger partial charge in [-0.3, -0.25) is 10.1 Å². The second-order valence-corrected chi connectivity index (χ2v) is 2.64. The van der Waals surface area contributed by atoms with Gasteiger partial charge in [-0.15, -0.1) is 0 Å². The lowest BCUT2D eigenvalue weighted by Gasteiger charge is -1.98. The van der Waals surface area contributed by atoms with E-state index in [1.165, 1.54) is 18.2 Å². The van der Waals surface area contributed by atoms with E-state index in [1.807, 2.05) is 0 Å². The first kappa shape index (κ1) is 10.4. The highest BCUT2D eigenvalue weighted by Gasteiger charge is 2.08. The van der Waals surface area contributed by atoms with Gasteiger partial charge in [0.2, 0.25) is 6.20 Å². The lowest BCUT2D eigenvalue weighted by atomic mass is 9.80. The molecule has 0 bridgehead atoms. The summed E-state index contributed by atoms with van der Waals surface area (Å²) in [7, 11) is -1.51. The molecule has 0 radical (unpaired) electrons. The van der Waals surface area contributed by atoms with Crippen LogP contribution in [-0.4, -0.2) is 22.1 Å². The standard InChI is InChI=1S/C8H8BNO4/c11-9(12)8-3-1-7(2-4-8)5-6-10(13)14/h1-6,11-12H. The van der Waals surface area contributed by atoms with E-state index in [0.29, 0.717) is 11.0 Å². The number of nitro groups is 1. The van der Waals surface area contributed by atoms with Gasteiger partial charge in [-0.2, -0.15) is 0 Å². The number of hydrogen-bond acceptors (Lipinski definition) is 4. The van der Waals surface area contributed by atoms with Crippen LogP contribution in [0.5, 0.6) is 0 Å². The van der Waals surface area contributed by atoms with Gasteiger partial charge < -0.3 is 10.0 Å². The molecule has 6 heteroatoms. The van der Waals surface area contributed by atoms with Crippen molar-refractivity contribution in [1.82, 2.24) is 0 Å². The smallest absolute Gasteiger partial charge is 0.423 e. The number of benzene rings is 1. The third-order valence-corrected chi connectivity index (χ3v) is 1.62. The summed E-state index contributed by atoms with van der Waals surface area (Å²) in [5.41, 5.74) is 0.981. The largest absolute Gasteiger partial charge is 0.488 e. The van der Waals surface area contributed by atoms with Gasteiger partial charge in [-0.25, -0.2) is 0 Å². The van der Waals surface area contributed by atoms with Gasteiger partial charge in [-0.1, -0.05) is 24.3 Å². The minimum Gasteiger partial charge on any atom is -0.423 e. The number of hydrogen-bond donors (Lipinski definition) is 2. The second-order valence-electron chi connectivity index (χ2n) is 2.64. The van der Waals surface area contributed by atoms with Gasteiger partial charge in [-0.05, 0) is 11.0 Å². The van der Waals surface area contributed by atoms with E-state index in [0.717, 1.165) is 6.20 Å². The maximum atomic E-state index is 9.99. The molecule has 72 valence electrons. The summed E-state index contributed by atoms with van der Waals surface area (Å²) in [5.74, 6) is 0. The first-order valence-corrected chi connectivity index (χ1v) is 3.87. The molecule has 0 heterocycles. The Hall–Kier alpha value is -1.66. The van der Waals surface area contributed by atoms with Crippen LogP contribution in [0.3, 0.4) is 0 Å². The van der Waals surface area contributed by atoms with E-state index in [-0.39, 0.29) is 0 Å². The zero-order valence-electron chi connectivity index (χ0n) is 7.20. The SMILES string of the molecule is O=[N+]([O-])C=Cc1ccc(B(O)O)cc1. The van der Waals surface area contributed by atoms with Crippen LogP contribution < -0.4 is 5.46 Å². The highest BCUT2D eigenvalue weighted by molar-refractivity contribution is 6.58. The Morgan fingerprint density at radius 2 is 1.86 bits per heavy atom. The van der Waals surface area contributed by atoms with E-state index in [4.69, 9.17) is 10.0 Å². The van der Waals surface area contributed by atoms with E-state index >= 15 is 0 Å². The Kier molecular flexibility index (Phi) is 3.38. The van der Waals surface area contributed by atoms with Crippen molar-refractivity contribution in [2.24, 2.45) is 0 Å². The quantitative estimate of drug-likeness (QED) is 0.389. The molecule has 0 amide bonds. The van der Waals surface area contributed by atoms with Crippen LogP contribution in [0.2, 0.25) is 0 Å². The van der Waals surface area contributed by atoms with Crippen LogP contribution in [0.1, 0.15) is 5.56 Å². The highest BCUT2D eigenvalue weighted by atomic mass is 16.6. The van der Waals surface area contributed by atoms with Gasteiger partial charge >= 0.3 is 7.12 Å². The van der Waals surface area contributed by atoms with Crippen molar-refractivity contribution in [2.45, 2.75) is 0 Å². The minimum absolute atomic E-state index is 0.350. The molecule has 0 saturated carbocycles. The summed E-state index contributed by atoms with van der Waals surface area (Å²) in [6, 6.07) is 6.11. The Morgan fingerprint density at radius 3 is 2.29 bits per heavy atom. The predicted molar refractivity (Wildman–Crippen MR) is 52.3 cm³/mol. The van der Waals surface area contributed by atoms with Gasteiger partial charge in [0.25, 0.3) is 0 Å². The van der Waals surface area contributed by atoms with E-state index in [2.05, 4.69) is 0 Å². The molecular formula is C8H8BNO4. The molecule has 2 N–H and O–H groups in total. The average molecular weight is 193 g/mol. The average Bonchev–Trinajstić information content (AvgIpc) is 2.15. The molecule has 0 atom stereocenters. The zero-order chi connectivity index (χ0) is 10.6. The summed E-state index contributed by atoms with van der Waals surface area (Å²) >= 11 is 0. The Labute approximate surface area is 80.6 Å². The van der Waals surface area contributed by atoms with Crippen molar-refractivity contribution >= 4 is 18.7 Å². The summed E-state index contributed by atoms with van der Waals surface area (Å²) in [6.07, 6.45) is 2.15. The van der Waals surface area contributed by atoms with Crippen LogP contribution >= 0.6 is 0 Å². The Morgan fingerprint density at radius 1 is 1.29 bits per heavy atom. The first-order valence-electron chi connectivity index (χ1n) is 3.87. The Balaban J connectivity index is 2.78. The molecule has 14 heavy (non-hydrogen) atoms. The number of nitrogens with zero attached hydrogens (tertiary/aromatic N) is 1. The van der Waals surface area contributed by atoms with Gasteiger partial charge in [0.1, 0.15) is 0 Å². The van der Waals surface area contributed by atoms with Crippen LogP contribution in [0, 0.1) is 10.1 Å². The normalized spacial score (nSPS) is 10.4. The monoisotopic (exact) mass is 193 g/mol. The topological polar surface area (TPSA) is 83.6 Å². The van der Waals surface area contributed by atoms with Crippen molar-refractivity contribution in [2.75, 3.05) is 0 Å². The molecule has 0 fully saturated rings. The molecule has 1 rings (SSSR count).